The molecule has 0 aliphatic heterocycles. The number of esters is 1. The lowest BCUT2D eigenvalue weighted by atomic mass is 9.46. The molecule has 0 bridgehead atoms. The summed E-state index contributed by atoms with van der Waals surface area (Å²) in [5.41, 5.74) is 7.39. The Kier molecular flexibility index (Phi) is 5.36. The topological polar surface area (TPSA) is 76.4 Å². The number of hydrogen-bond acceptors (Lipinski definition) is 5. The quantitative estimate of drug-likeness (QED) is 0.563. The van der Waals surface area contributed by atoms with E-state index in [4.69, 9.17) is 10.5 Å². The summed E-state index contributed by atoms with van der Waals surface area (Å²) >= 11 is 0. The summed E-state index contributed by atoms with van der Waals surface area (Å²) in [5, 5.41) is 7.18. The van der Waals surface area contributed by atoms with Crippen molar-refractivity contribution in [3.8, 4) is 0 Å². The molecule has 2 spiro atoms. The van der Waals surface area contributed by atoms with Crippen LogP contribution in [0.25, 0.3) is 0 Å². The lowest BCUT2D eigenvalue weighted by Crippen LogP contribution is -2.57. The fourth-order valence-electron chi connectivity index (χ4n) is 10.8. The summed E-state index contributed by atoms with van der Waals surface area (Å²) in [6.07, 6.45) is 10.6. The molecule has 4 N–H and O–H groups in total. The highest BCUT2D eigenvalue weighted by Crippen LogP contribution is 2.86. The average molecular weight is 446 g/mol. The Morgan fingerprint density at radius 2 is 1.81 bits per heavy atom. The minimum atomic E-state index is -0.237. The van der Waals surface area contributed by atoms with Crippen molar-refractivity contribution in [3.63, 3.8) is 0 Å². The van der Waals surface area contributed by atoms with Gasteiger partial charge in [-0.2, -0.15) is 0 Å². The second-order valence-corrected chi connectivity index (χ2v) is 13.1. The molecular weight excluding hydrogens is 398 g/mol. The summed E-state index contributed by atoms with van der Waals surface area (Å²) in [7, 11) is 4.21. The van der Waals surface area contributed by atoms with Crippen LogP contribution in [0.4, 0.5) is 0 Å². The number of carbonyl (C=O) groups excluding carboxylic acids is 1. The number of fused-ring (bicyclic) bond motifs is 2. The van der Waals surface area contributed by atoms with Crippen molar-refractivity contribution in [1.29, 1.82) is 0 Å². The Balaban J connectivity index is 1.46. The van der Waals surface area contributed by atoms with Gasteiger partial charge in [0.15, 0.2) is 0 Å². The van der Waals surface area contributed by atoms with Gasteiger partial charge in [-0.05, 0) is 112 Å². The third kappa shape index (κ3) is 2.77. The molecule has 5 aliphatic rings. The summed E-state index contributed by atoms with van der Waals surface area (Å²) in [5.74, 6) is 2.44. The first-order valence-electron chi connectivity index (χ1n) is 13.4. The van der Waals surface area contributed by atoms with E-state index in [2.05, 4.69) is 52.4 Å². The minimum absolute atomic E-state index is 0.00235. The van der Waals surface area contributed by atoms with Gasteiger partial charge in [0.25, 0.3) is 0 Å². The Morgan fingerprint density at radius 3 is 2.47 bits per heavy atom. The maximum Gasteiger partial charge on any atom is 0.319 e. The molecule has 10 atom stereocenters. The van der Waals surface area contributed by atoms with Crippen LogP contribution in [0.3, 0.4) is 0 Å². The van der Waals surface area contributed by atoms with E-state index in [9.17, 15) is 4.79 Å². The normalized spacial score (nSPS) is 51.6. The van der Waals surface area contributed by atoms with Gasteiger partial charge in [0, 0.05) is 18.0 Å². The molecule has 8 unspecified atom stereocenters. The standard InChI is InChI=1S/C27H47N3O2/c1-16(29-5)23-19(32-22(31)14-28)13-18-17-7-8-20-24(2,3)21(30-6)9-10-27(20)15-26(17,27)12-11-25(18,23)4/h16-21,23,29-30H,7-15,28H2,1-6H3/t16-,17?,18?,19+,20?,21?,23?,25?,26?,27?/m0/s1. The van der Waals surface area contributed by atoms with Crippen LogP contribution >= 0.6 is 0 Å². The highest BCUT2D eigenvalue weighted by molar-refractivity contribution is 5.71. The molecule has 0 saturated heterocycles. The van der Waals surface area contributed by atoms with Gasteiger partial charge in [0.05, 0.1) is 6.54 Å². The molecule has 0 radical (unpaired) electrons. The van der Waals surface area contributed by atoms with Crippen LogP contribution in [0.15, 0.2) is 0 Å². The van der Waals surface area contributed by atoms with Crippen molar-refractivity contribution in [2.45, 2.75) is 97.2 Å². The van der Waals surface area contributed by atoms with E-state index in [1.165, 1.54) is 44.9 Å². The van der Waals surface area contributed by atoms with Crippen LogP contribution in [0.1, 0.15) is 79.1 Å². The van der Waals surface area contributed by atoms with Crippen molar-refractivity contribution in [3.05, 3.63) is 0 Å². The zero-order valence-electron chi connectivity index (χ0n) is 21.3. The molecule has 5 nitrogen and oxygen atoms in total. The minimum Gasteiger partial charge on any atom is -0.461 e. The van der Waals surface area contributed by atoms with E-state index < -0.39 is 0 Å². The second-order valence-electron chi connectivity index (χ2n) is 13.1. The van der Waals surface area contributed by atoms with Crippen molar-refractivity contribution in [1.82, 2.24) is 10.6 Å². The number of carbonyl (C=O) groups is 1. The zero-order chi connectivity index (χ0) is 23.1. The Bertz CT molecular complexity index is 770. The monoisotopic (exact) mass is 445 g/mol. The number of nitrogens with one attached hydrogen (secondary N) is 2. The molecule has 0 heterocycles. The van der Waals surface area contributed by atoms with Gasteiger partial charge in [-0.25, -0.2) is 0 Å². The average Bonchev–Trinajstić information content (AvgIpc) is 3.33. The molecule has 5 heteroatoms. The van der Waals surface area contributed by atoms with E-state index in [1.807, 2.05) is 0 Å². The smallest absolute Gasteiger partial charge is 0.319 e. The first-order valence-corrected chi connectivity index (χ1v) is 13.4. The zero-order valence-corrected chi connectivity index (χ0v) is 21.3. The summed E-state index contributed by atoms with van der Waals surface area (Å²) in [6.45, 7) is 9.88. The highest BCUT2D eigenvalue weighted by Gasteiger charge is 2.80. The molecule has 32 heavy (non-hydrogen) atoms. The third-order valence-corrected chi connectivity index (χ3v) is 12.2. The van der Waals surface area contributed by atoms with Crippen LogP contribution in [0.2, 0.25) is 0 Å². The molecule has 5 fully saturated rings. The molecular formula is C27H47N3O2. The molecule has 182 valence electrons. The van der Waals surface area contributed by atoms with Crippen molar-refractivity contribution >= 4 is 5.97 Å². The Morgan fingerprint density at radius 1 is 1.06 bits per heavy atom. The summed E-state index contributed by atoms with van der Waals surface area (Å²) in [4.78, 5) is 12.2. The highest BCUT2D eigenvalue weighted by atomic mass is 16.5. The molecule has 0 aromatic rings. The van der Waals surface area contributed by atoms with Gasteiger partial charge >= 0.3 is 5.97 Å². The number of nitrogens with two attached hydrogens (primary N) is 1. The predicted octanol–water partition coefficient (Wildman–Crippen LogP) is 3.71. The van der Waals surface area contributed by atoms with Crippen LogP contribution in [0.5, 0.6) is 0 Å². The van der Waals surface area contributed by atoms with E-state index in [0.29, 0.717) is 40.2 Å². The van der Waals surface area contributed by atoms with E-state index in [1.54, 1.807) is 0 Å². The molecule has 5 rings (SSSR count). The van der Waals surface area contributed by atoms with Gasteiger partial charge in [-0.15, -0.1) is 0 Å². The van der Waals surface area contributed by atoms with Crippen LogP contribution in [0, 0.1) is 45.3 Å². The lowest BCUT2D eigenvalue weighted by Gasteiger charge is -2.60. The van der Waals surface area contributed by atoms with Crippen molar-refractivity contribution in [2.24, 2.45) is 51.1 Å². The second kappa shape index (κ2) is 7.42. The molecule has 0 aromatic carbocycles. The molecule has 5 saturated carbocycles. The van der Waals surface area contributed by atoms with Gasteiger partial charge in [0.1, 0.15) is 6.10 Å². The van der Waals surface area contributed by atoms with Crippen molar-refractivity contribution in [2.75, 3.05) is 20.6 Å². The van der Waals surface area contributed by atoms with E-state index in [0.717, 1.165) is 18.3 Å². The van der Waals surface area contributed by atoms with Crippen LogP contribution in [-0.2, 0) is 9.53 Å². The maximum atomic E-state index is 12.2. The number of ether oxygens (including phenoxy) is 1. The first kappa shape index (κ1) is 23.1. The van der Waals surface area contributed by atoms with Crippen LogP contribution in [-0.4, -0.2) is 44.8 Å². The third-order valence-electron chi connectivity index (χ3n) is 12.2. The van der Waals surface area contributed by atoms with Gasteiger partial charge in [0.2, 0.25) is 0 Å². The molecule has 5 aliphatic carbocycles. The maximum absolute atomic E-state index is 12.2. The summed E-state index contributed by atoms with van der Waals surface area (Å²) in [6, 6.07) is 0.984. The van der Waals surface area contributed by atoms with Gasteiger partial charge in [-0.3, -0.25) is 4.79 Å². The predicted molar refractivity (Wildman–Crippen MR) is 128 cm³/mol. The SMILES string of the molecule is CNC1CCC23CC24CCC2(C)C(C[C@@H](OC(=O)CN)C2[C@H](C)NC)C4CCC3C1(C)C. The van der Waals surface area contributed by atoms with Crippen molar-refractivity contribution < 1.29 is 9.53 Å². The number of hydrogen-bond donors (Lipinski definition) is 3. The summed E-state index contributed by atoms with van der Waals surface area (Å²) < 4.78 is 6.03. The van der Waals surface area contributed by atoms with E-state index in [-0.39, 0.29) is 24.0 Å². The molecule has 0 aromatic heterocycles. The van der Waals surface area contributed by atoms with Gasteiger partial charge < -0.3 is 21.1 Å². The molecule has 0 amide bonds. The lowest BCUT2D eigenvalue weighted by molar-refractivity contribution is -0.150. The Hall–Kier alpha value is -0.650. The Labute approximate surface area is 195 Å². The van der Waals surface area contributed by atoms with Gasteiger partial charge in [-0.1, -0.05) is 20.8 Å². The fourth-order valence-corrected chi connectivity index (χ4v) is 10.8. The largest absolute Gasteiger partial charge is 0.461 e. The van der Waals surface area contributed by atoms with E-state index >= 15 is 0 Å². The fraction of sp³-hybridized carbons (Fsp3) is 0.963. The van der Waals surface area contributed by atoms with Crippen LogP contribution < -0.4 is 16.4 Å². The first-order chi connectivity index (χ1) is 15.1. The number of rotatable bonds is 5.